The van der Waals surface area contributed by atoms with Crippen molar-refractivity contribution >= 4 is 23.1 Å². The zero-order chi connectivity index (χ0) is 21.1. The number of furan rings is 1. The first-order valence-electron chi connectivity index (χ1n) is 9.45. The average Bonchev–Trinajstić information content (AvgIpc) is 3.33. The van der Waals surface area contributed by atoms with Gasteiger partial charge in [0, 0.05) is 11.8 Å². The molecule has 0 unspecified atom stereocenters. The zero-order valence-electron chi connectivity index (χ0n) is 16.2. The third-order valence-electron chi connectivity index (χ3n) is 4.61. The van der Waals surface area contributed by atoms with Crippen molar-refractivity contribution in [3.8, 4) is 5.75 Å². The molecule has 0 saturated carbocycles. The number of nitrogens with zero attached hydrogens (tertiary/aromatic N) is 1. The van der Waals surface area contributed by atoms with E-state index in [4.69, 9.17) is 9.15 Å². The number of rotatable bonds is 7. The highest BCUT2D eigenvalue weighted by molar-refractivity contribution is 6.36. The molecule has 0 atom stereocenters. The van der Waals surface area contributed by atoms with Crippen LogP contribution in [0, 0.1) is 5.82 Å². The molecule has 0 radical (unpaired) electrons. The van der Waals surface area contributed by atoms with Crippen molar-refractivity contribution in [2.24, 2.45) is 0 Å². The standard InChI is InChI=1S/C23H19FN2O4/c1-2-29-18-6-3-5-17(13-18)25-21-20(15-8-10-16(24)11-9-15)22(27)26(23(21)28)14-19-7-4-12-30-19/h3-13,25H,2,14H2,1H3. The van der Waals surface area contributed by atoms with Crippen molar-refractivity contribution in [3.63, 3.8) is 0 Å². The van der Waals surface area contributed by atoms with Crippen molar-refractivity contribution in [1.29, 1.82) is 0 Å². The third kappa shape index (κ3) is 3.82. The number of nitrogens with one attached hydrogen (secondary N) is 1. The fourth-order valence-electron chi connectivity index (χ4n) is 3.25. The number of imide groups is 1. The normalized spacial score (nSPS) is 13.9. The maximum atomic E-state index is 13.4. The fraction of sp³-hybridized carbons (Fsp3) is 0.130. The highest BCUT2D eigenvalue weighted by Gasteiger charge is 2.39. The van der Waals surface area contributed by atoms with Crippen molar-refractivity contribution in [2.75, 3.05) is 11.9 Å². The lowest BCUT2D eigenvalue weighted by Crippen LogP contribution is -2.31. The van der Waals surface area contributed by atoms with E-state index in [0.717, 1.165) is 4.90 Å². The Balaban J connectivity index is 1.73. The molecular weight excluding hydrogens is 387 g/mol. The molecule has 1 aromatic heterocycles. The van der Waals surface area contributed by atoms with Crippen LogP contribution in [0.1, 0.15) is 18.2 Å². The monoisotopic (exact) mass is 406 g/mol. The van der Waals surface area contributed by atoms with Gasteiger partial charge in [0.25, 0.3) is 11.8 Å². The van der Waals surface area contributed by atoms with E-state index in [0.29, 0.717) is 29.4 Å². The maximum absolute atomic E-state index is 13.4. The fourth-order valence-corrected chi connectivity index (χ4v) is 3.25. The van der Waals surface area contributed by atoms with Crippen LogP contribution in [-0.4, -0.2) is 23.3 Å². The Bertz CT molecular complexity index is 1100. The van der Waals surface area contributed by atoms with Gasteiger partial charge in [-0.1, -0.05) is 18.2 Å². The van der Waals surface area contributed by atoms with Gasteiger partial charge in [0.15, 0.2) is 0 Å². The number of anilines is 1. The summed E-state index contributed by atoms with van der Waals surface area (Å²) in [5.41, 5.74) is 1.33. The highest BCUT2D eigenvalue weighted by atomic mass is 19.1. The van der Waals surface area contributed by atoms with E-state index in [9.17, 15) is 14.0 Å². The molecule has 7 heteroatoms. The predicted molar refractivity (Wildman–Crippen MR) is 109 cm³/mol. The van der Waals surface area contributed by atoms with Crippen LogP contribution in [0.2, 0.25) is 0 Å². The lowest BCUT2D eigenvalue weighted by atomic mass is 10.0. The van der Waals surface area contributed by atoms with Gasteiger partial charge in [-0.2, -0.15) is 0 Å². The maximum Gasteiger partial charge on any atom is 0.278 e. The SMILES string of the molecule is CCOc1cccc(NC2=C(c3ccc(F)cc3)C(=O)N(Cc3ccco3)C2=O)c1. The van der Waals surface area contributed by atoms with Gasteiger partial charge in [0.05, 0.1) is 25.0 Å². The average molecular weight is 406 g/mol. The molecule has 2 aromatic carbocycles. The van der Waals surface area contributed by atoms with E-state index < -0.39 is 17.6 Å². The summed E-state index contributed by atoms with van der Waals surface area (Å²) in [5.74, 6) is -0.281. The number of benzene rings is 2. The molecule has 1 N–H and O–H groups in total. The van der Waals surface area contributed by atoms with Gasteiger partial charge < -0.3 is 14.5 Å². The molecule has 2 amide bonds. The second-order valence-corrected chi connectivity index (χ2v) is 6.62. The van der Waals surface area contributed by atoms with E-state index in [1.165, 1.54) is 30.5 Å². The van der Waals surface area contributed by atoms with Crippen molar-refractivity contribution in [1.82, 2.24) is 4.90 Å². The van der Waals surface area contributed by atoms with Crippen molar-refractivity contribution in [2.45, 2.75) is 13.5 Å². The van der Waals surface area contributed by atoms with Gasteiger partial charge in [-0.3, -0.25) is 14.5 Å². The smallest absolute Gasteiger partial charge is 0.278 e. The lowest BCUT2D eigenvalue weighted by molar-refractivity contribution is -0.137. The quantitative estimate of drug-likeness (QED) is 0.595. The van der Waals surface area contributed by atoms with Crippen LogP contribution in [0.15, 0.2) is 77.0 Å². The van der Waals surface area contributed by atoms with Gasteiger partial charge in [0.2, 0.25) is 0 Å². The molecule has 4 rings (SSSR count). The molecule has 0 fully saturated rings. The minimum Gasteiger partial charge on any atom is -0.494 e. The Morgan fingerprint density at radius 3 is 2.53 bits per heavy atom. The summed E-state index contributed by atoms with van der Waals surface area (Å²) in [4.78, 5) is 27.4. The van der Waals surface area contributed by atoms with Crippen LogP contribution < -0.4 is 10.1 Å². The highest BCUT2D eigenvalue weighted by Crippen LogP contribution is 2.32. The number of hydrogen-bond donors (Lipinski definition) is 1. The van der Waals surface area contributed by atoms with Crippen molar-refractivity contribution in [3.05, 3.63) is 89.8 Å². The Kier molecular flexibility index (Phi) is 5.34. The number of ether oxygens (including phenoxy) is 1. The largest absolute Gasteiger partial charge is 0.494 e. The Morgan fingerprint density at radius 2 is 1.83 bits per heavy atom. The van der Waals surface area contributed by atoms with E-state index >= 15 is 0 Å². The minimum atomic E-state index is -0.488. The molecule has 1 aliphatic heterocycles. The second kappa shape index (κ2) is 8.24. The molecule has 6 nitrogen and oxygen atoms in total. The Hall–Kier alpha value is -3.87. The Labute approximate surface area is 172 Å². The molecule has 30 heavy (non-hydrogen) atoms. The molecule has 2 heterocycles. The number of halogens is 1. The summed E-state index contributed by atoms with van der Waals surface area (Å²) in [6.45, 7) is 2.38. The summed E-state index contributed by atoms with van der Waals surface area (Å²) < 4.78 is 24.2. The van der Waals surface area contributed by atoms with E-state index in [-0.39, 0.29) is 17.8 Å². The number of hydrogen-bond acceptors (Lipinski definition) is 5. The molecule has 0 spiro atoms. The summed E-state index contributed by atoms with van der Waals surface area (Å²) >= 11 is 0. The minimum absolute atomic E-state index is 0.000469. The van der Waals surface area contributed by atoms with Crippen LogP contribution in [-0.2, 0) is 16.1 Å². The molecule has 1 aliphatic rings. The van der Waals surface area contributed by atoms with Crippen LogP contribution in [0.5, 0.6) is 5.75 Å². The van der Waals surface area contributed by atoms with Crippen LogP contribution >= 0.6 is 0 Å². The number of carbonyl (C=O) groups excluding carboxylic acids is 2. The lowest BCUT2D eigenvalue weighted by Gasteiger charge is -2.14. The summed E-state index contributed by atoms with van der Waals surface area (Å²) in [5, 5.41) is 3.06. The summed E-state index contributed by atoms with van der Waals surface area (Å²) in [6, 6.07) is 15.9. The van der Waals surface area contributed by atoms with E-state index in [2.05, 4.69) is 5.32 Å². The van der Waals surface area contributed by atoms with E-state index in [1.807, 2.05) is 6.92 Å². The van der Waals surface area contributed by atoms with Crippen LogP contribution in [0.4, 0.5) is 10.1 Å². The first kappa shape index (κ1) is 19.4. The first-order valence-corrected chi connectivity index (χ1v) is 9.45. The van der Waals surface area contributed by atoms with Gasteiger partial charge in [-0.25, -0.2) is 4.39 Å². The van der Waals surface area contributed by atoms with Gasteiger partial charge in [-0.05, 0) is 48.9 Å². The number of carbonyl (C=O) groups is 2. The van der Waals surface area contributed by atoms with E-state index in [1.54, 1.807) is 36.4 Å². The number of amides is 2. The predicted octanol–water partition coefficient (Wildman–Crippen LogP) is 4.21. The zero-order valence-corrected chi connectivity index (χ0v) is 16.2. The third-order valence-corrected chi connectivity index (χ3v) is 4.61. The van der Waals surface area contributed by atoms with Gasteiger partial charge in [0.1, 0.15) is 23.0 Å². The topological polar surface area (TPSA) is 71.8 Å². The van der Waals surface area contributed by atoms with Crippen molar-refractivity contribution < 1.29 is 23.1 Å². The van der Waals surface area contributed by atoms with Gasteiger partial charge >= 0.3 is 0 Å². The second-order valence-electron chi connectivity index (χ2n) is 6.62. The van der Waals surface area contributed by atoms with Crippen LogP contribution in [0.3, 0.4) is 0 Å². The Morgan fingerprint density at radius 1 is 1.03 bits per heavy atom. The van der Waals surface area contributed by atoms with Crippen LogP contribution in [0.25, 0.3) is 5.57 Å². The summed E-state index contributed by atoms with van der Waals surface area (Å²) in [7, 11) is 0. The molecule has 3 aromatic rings. The molecule has 152 valence electrons. The molecule has 0 bridgehead atoms. The molecule has 0 aliphatic carbocycles. The molecule has 0 saturated heterocycles. The first-order chi connectivity index (χ1) is 14.6. The van der Waals surface area contributed by atoms with Gasteiger partial charge in [-0.15, -0.1) is 0 Å². The summed E-state index contributed by atoms with van der Waals surface area (Å²) in [6.07, 6.45) is 1.48. The molecular formula is C23H19FN2O4.